The molecule has 0 saturated heterocycles. The Morgan fingerprint density at radius 1 is 1.00 bits per heavy atom. The third kappa shape index (κ3) is 5.67. The Kier molecular flexibility index (Phi) is 8.87. The van der Waals surface area contributed by atoms with Crippen molar-refractivity contribution in [2.75, 3.05) is 6.54 Å². The molecule has 2 aromatic carbocycles. The second-order valence-corrected chi connectivity index (χ2v) is 10.2. The van der Waals surface area contributed by atoms with E-state index in [1.54, 1.807) is 0 Å². The summed E-state index contributed by atoms with van der Waals surface area (Å²) in [6.45, 7) is 4.39. The highest BCUT2D eigenvalue weighted by atomic mass is 32.2. The van der Waals surface area contributed by atoms with Crippen LogP contribution in [-0.4, -0.2) is 29.2 Å². The van der Waals surface area contributed by atoms with Gasteiger partial charge in [-0.25, -0.2) is 8.42 Å². The molecule has 0 unspecified atom stereocenters. The first-order valence-electron chi connectivity index (χ1n) is 11.9. The fourth-order valence-corrected chi connectivity index (χ4v) is 5.75. The number of unbranched alkanes of at least 4 members (excludes halogenated alkanes) is 5. The average Bonchev–Trinajstić information content (AvgIpc) is 3.26. The number of nitro groups is 1. The van der Waals surface area contributed by atoms with E-state index >= 15 is 0 Å². The predicted molar refractivity (Wildman–Crippen MR) is 137 cm³/mol. The third-order valence-corrected chi connectivity index (χ3v) is 7.73. The Morgan fingerprint density at radius 2 is 1.71 bits per heavy atom. The van der Waals surface area contributed by atoms with Gasteiger partial charge in [-0.05, 0) is 31.4 Å². The van der Waals surface area contributed by atoms with Crippen LogP contribution in [0, 0.1) is 10.1 Å². The van der Waals surface area contributed by atoms with Crippen molar-refractivity contribution in [3.8, 4) is 0 Å². The van der Waals surface area contributed by atoms with Crippen molar-refractivity contribution in [1.29, 1.82) is 0 Å². The van der Waals surface area contributed by atoms with E-state index in [9.17, 15) is 18.5 Å². The summed E-state index contributed by atoms with van der Waals surface area (Å²) in [7, 11) is -4.18. The van der Waals surface area contributed by atoms with Gasteiger partial charge < -0.3 is 4.98 Å². The van der Waals surface area contributed by atoms with Crippen molar-refractivity contribution in [3.63, 3.8) is 0 Å². The van der Waals surface area contributed by atoms with Crippen molar-refractivity contribution in [1.82, 2.24) is 9.29 Å². The van der Waals surface area contributed by atoms with Gasteiger partial charge in [0.1, 0.15) is 0 Å². The molecule has 0 atom stereocenters. The molecule has 0 bridgehead atoms. The van der Waals surface area contributed by atoms with Gasteiger partial charge >= 0.3 is 0 Å². The van der Waals surface area contributed by atoms with Crippen LogP contribution in [0.4, 0.5) is 5.69 Å². The maximum Gasteiger partial charge on any atom is 0.289 e. The minimum Gasteiger partial charge on any atom is -0.360 e. The van der Waals surface area contributed by atoms with E-state index in [0.717, 1.165) is 55.0 Å². The molecule has 1 heterocycles. The van der Waals surface area contributed by atoms with Crippen LogP contribution in [0.3, 0.4) is 0 Å². The molecule has 0 spiro atoms. The zero-order valence-corrected chi connectivity index (χ0v) is 20.7. The maximum absolute atomic E-state index is 13.9. The van der Waals surface area contributed by atoms with Crippen LogP contribution >= 0.6 is 0 Å². The lowest BCUT2D eigenvalue weighted by molar-refractivity contribution is -0.387. The number of hydrogen-bond acceptors (Lipinski definition) is 4. The first-order chi connectivity index (χ1) is 16.4. The Hall–Kier alpha value is -3.13. The molecule has 0 aliphatic rings. The SMILES string of the molecule is CCCCCC/C=C(/c1c[nH]c2ccccc12)N(CCCC)S(=O)(=O)c1ccccc1[N+](=O)[O-]. The van der Waals surface area contributed by atoms with Crippen LogP contribution in [0.5, 0.6) is 0 Å². The number of nitrogens with one attached hydrogen (secondary N) is 1. The molecule has 34 heavy (non-hydrogen) atoms. The van der Waals surface area contributed by atoms with Crippen LogP contribution in [-0.2, 0) is 10.0 Å². The highest BCUT2D eigenvalue weighted by molar-refractivity contribution is 7.89. The van der Waals surface area contributed by atoms with E-state index in [0.29, 0.717) is 12.1 Å². The summed E-state index contributed by atoms with van der Waals surface area (Å²) in [5, 5.41) is 12.6. The molecule has 3 aromatic rings. The minimum absolute atomic E-state index is 0.241. The highest BCUT2D eigenvalue weighted by Gasteiger charge is 2.33. The summed E-state index contributed by atoms with van der Waals surface area (Å²) in [5.74, 6) is 0. The first-order valence-corrected chi connectivity index (χ1v) is 13.4. The standard InChI is InChI=1S/C26H33N3O4S/c1-3-5-7-8-9-16-24(22-20-27-23-15-11-10-14-21(22)23)28(19-6-4-2)34(32,33)26-18-13-12-17-25(26)29(30)31/h10-18,20,27H,3-9,19H2,1-2H3/b24-16-. The number of rotatable bonds is 13. The number of benzene rings is 2. The van der Waals surface area contributed by atoms with Crippen LogP contribution in [0.2, 0.25) is 0 Å². The monoisotopic (exact) mass is 483 g/mol. The normalized spacial score (nSPS) is 12.2. The topological polar surface area (TPSA) is 96.3 Å². The lowest BCUT2D eigenvalue weighted by Crippen LogP contribution is -2.31. The predicted octanol–water partition coefficient (Wildman–Crippen LogP) is 6.88. The number of para-hydroxylation sites is 2. The Labute approximate surface area is 201 Å². The largest absolute Gasteiger partial charge is 0.360 e. The summed E-state index contributed by atoms with van der Waals surface area (Å²) in [6.07, 6.45) is 10.2. The summed E-state index contributed by atoms with van der Waals surface area (Å²) < 4.78 is 29.3. The van der Waals surface area contributed by atoms with Gasteiger partial charge in [-0.15, -0.1) is 0 Å². The summed E-state index contributed by atoms with van der Waals surface area (Å²) in [5.41, 5.74) is 1.85. The average molecular weight is 484 g/mol. The van der Waals surface area contributed by atoms with E-state index in [-0.39, 0.29) is 11.4 Å². The molecule has 3 rings (SSSR count). The molecule has 0 fully saturated rings. The van der Waals surface area contributed by atoms with Crippen LogP contribution in [0.25, 0.3) is 16.6 Å². The van der Waals surface area contributed by atoms with Crippen molar-refractivity contribution < 1.29 is 13.3 Å². The smallest absolute Gasteiger partial charge is 0.289 e. The van der Waals surface area contributed by atoms with Gasteiger partial charge in [0.15, 0.2) is 4.90 Å². The quantitative estimate of drug-likeness (QED) is 0.163. The van der Waals surface area contributed by atoms with Gasteiger partial charge in [0, 0.05) is 35.3 Å². The van der Waals surface area contributed by atoms with Crippen molar-refractivity contribution in [3.05, 3.63) is 76.5 Å². The number of sulfonamides is 1. The Balaban J connectivity index is 2.15. The number of hydrogen-bond donors (Lipinski definition) is 1. The second kappa shape index (κ2) is 11.8. The van der Waals surface area contributed by atoms with Crippen LogP contribution in [0.15, 0.2) is 65.7 Å². The summed E-state index contributed by atoms with van der Waals surface area (Å²) in [6, 6.07) is 13.3. The van der Waals surface area contributed by atoms with E-state index < -0.39 is 20.6 Å². The molecule has 1 N–H and O–H groups in total. The number of fused-ring (bicyclic) bond motifs is 1. The third-order valence-electron chi connectivity index (χ3n) is 5.87. The van der Waals surface area contributed by atoms with Gasteiger partial charge in [-0.3, -0.25) is 14.4 Å². The van der Waals surface area contributed by atoms with E-state index in [4.69, 9.17) is 0 Å². The second-order valence-electron chi connectivity index (χ2n) is 8.34. The number of allylic oxidation sites excluding steroid dienone is 1. The van der Waals surface area contributed by atoms with E-state index in [1.807, 2.05) is 43.5 Å². The number of aromatic nitrogens is 1. The summed E-state index contributed by atoms with van der Waals surface area (Å²) >= 11 is 0. The Bertz CT molecular complexity index is 1250. The lowest BCUT2D eigenvalue weighted by Gasteiger charge is -2.27. The van der Waals surface area contributed by atoms with Gasteiger partial charge in [-0.1, -0.05) is 75.9 Å². The zero-order valence-electron chi connectivity index (χ0n) is 19.9. The van der Waals surface area contributed by atoms with E-state index in [1.165, 1.54) is 28.6 Å². The molecule has 0 aliphatic heterocycles. The maximum atomic E-state index is 13.9. The molecular formula is C26H33N3O4S. The van der Waals surface area contributed by atoms with Crippen molar-refractivity contribution in [2.45, 2.75) is 63.7 Å². The van der Waals surface area contributed by atoms with Gasteiger partial charge in [0.25, 0.3) is 15.7 Å². The molecule has 0 saturated carbocycles. The van der Waals surface area contributed by atoms with Crippen molar-refractivity contribution >= 4 is 32.3 Å². The van der Waals surface area contributed by atoms with Gasteiger partial charge in [0.2, 0.25) is 0 Å². The molecule has 1 aromatic heterocycles. The molecule has 0 radical (unpaired) electrons. The lowest BCUT2D eigenvalue weighted by atomic mass is 10.1. The molecule has 7 nitrogen and oxygen atoms in total. The first kappa shape index (κ1) is 25.5. The summed E-state index contributed by atoms with van der Waals surface area (Å²) in [4.78, 5) is 14.0. The van der Waals surface area contributed by atoms with Gasteiger partial charge in [0.05, 0.1) is 10.6 Å². The van der Waals surface area contributed by atoms with Crippen LogP contribution < -0.4 is 0 Å². The Morgan fingerprint density at radius 3 is 2.44 bits per heavy atom. The molecule has 8 heteroatoms. The van der Waals surface area contributed by atoms with Crippen molar-refractivity contribution in [2.24, 2.45) is 0 Å². The van der Waals surface area contributed by atoms with Gasteiger partial charge in [-0.2, -0.15) is 0 Å². The number of nitrogens with zero attached hydrogens (tertiary/aromatic N) is 2. The molecular weight excluding hydrogens is 450 g/mol. The zero-order chi connectivity index (χ0) is 24.6. The van der Waals surface area contributed by atoms with E-state index in [2.05, 4.69) is 11.9 Å². The minimum atomic E-state index is -4.18. The molecule has 0 aliphatic carbocycles. The fourth-order valence-electron chi connectivity index (χ4n) is 4.06. The number of aromatic amines is 1. The van der Waals surface area contributed by atoms with Crippen LogP contribution in [0.1, 0.15) is 64.4 Å². The number of nitro benzene ring substituents is 1. The fraction of sp³-hybridized carbons (Fsp3) is 0.385. The molecule has 0 amide bonds. The molecule has 182 valence electrons. The number of H-pyrrole nitrogens is 1. The highest BCUT2D eigenvalue weighted by Crippen LogP contribution is 2.35.